The first-order valence-electron chi connectivity index (χ1n) is 19.5. The highest BCUT2D eigenvalue weighted by molar-refractivity contribution is 6.38. The van der Waals surface area contributed by atoms with E-state index in [4.69, 9.17) is 28.4 Å². The molecule has 1 aromatic carbocycles. The number of amides is 1. The van der Waals surface area contributed by atoms with Crippen molar-refractivity contribution in [2.75, 3.05) is 41.6 Å². The van der Waals surface area contributed by atoms with Crippen molar-refractivity contribution in [3.63, 3.8) is 0 Å². The number of hydrogen-bond donors (Lipinski definition) is 1. The highest BCUT2D eigenvalue weighted by atomic mass is 16.5. The largest absolute Gasteiger partial charge is 0.493 e. The highest BCUT2D eigenvalue weighted by Crippen LogP contribution is 2.38. The number of benzene rings is 1. The quantitative estimate of drug-likeness (QED) is 0.169. The van der Waals surface area contributed by atoms with Crippen molar-refractivity contribution in [1.29, 1.82) is 0 Å². The minimum absolute atomic E-state index is 0.116. The Kier molecular flexibility index (Phi) is 16.7. The van der Waals surface area contributed by atoms with Crippen LogP contribution in [0.3, 0.4) is 0 Å². The molecule has 0 saturated carbocycles. The highest BCUT2D eigenvalue weighted by Gasteiger charge is 2.51. The van der Waals surface area contributed by atoms with Crippen molar-refractivity contribution >= 4 is 23.4 Å². The molecule has 0 radical (unpaired) electrons. The maximum Gasteiger partial charge on any atom is 0.328 e. The predicted octanol–water partition coefficient (Wildman–Crippen LogP) is 5.23. The normalized spacial score (nSPS) is 32.8. The Morgan fingerprint density at radius 2 is 1.65 bits per heavy atom. The summed E-state index contributed by atoms with van der Waals surface area (Å²) >= 11 is 0. The number of Topliss-reactive ketones (excluding diaryl/α,β-unsaturated/α-hetero) is 2. The number of hydrogen-bond acceptors (Lipinski definition) is 11. The number of piperidine rings is 1. The second kappa shape index (κ2) is 20.9. The van der Waals surface area contributed by atoms with E-state index >= 15 is 0 Å². The third-order valence-corrected chi connectivity index (χ3v) is 11.2. The van der Waals surface area contributed by atoms with E-state index in [1.54, 1.807) is 28.3 Å². The molecule has 55 heavy (non-hydrogen) atoms. The molecule has 2 fully saturated rings. The van der Waals surface area contributed by atoms with Gasteiger partial charge in [-0.1, -0.05) is 57.2 Å². The van der Waals surface area contributed by atoms with E-state index in [1.807, 2.05) is 56.4 Å². The van der Waals surface area contributed by atoms with Gasteiger partial charge in [-0.25, -0.2) is 4.79 Å². The van der Waals surface area contributed by atoms with Gasteiger partial charge in [0.2, 0.25) is 0 Å². The minimum atomic E-state index is -1.53. The molecular weight excluding hydrogens is 706 g/mol. The Hall–Kier alpha value is -3.84. The van der Waals surface area contributed by atoms with Crippen molar-refractivity contribution in [1.82, 2.24) is 4.90 Å². The summed E-state index contributed by atoms with van der Waals surface area (Å²) in [4.78, 5) is 56.9. The molecule has 12 heteroatoms. The van der Waals surface area contributed by atoms with Crippen LogP contribution in [0, 0.1) is 23.7 Å². The van der Waals surface area contributed by atoms with Crippen LogP contribution in [-0.4, -0.2) is 112 Å². The first kappa shape index (κ1) is 43.9. The van der Waals surface area contributed by atoms with Crippen LogP contribution in [0.1, 0.15) is 71.8 Å². The second-order valence-corrected chi connectivity index (χ2v) is 15.2. The lowest BCUT2D eigenvalue weighted by atomic mass is 9.75. The summed E-state index contributed by atoms with van der Waals surface area (Å²) in [6.07, 6.45) is 8.23. The van der Waals surface area contributed by atoms with Crippen LogP contribution >= 0.6 is 0 Å². The first-order chi connectivity index (χ1) is 26.4. The second-order valence-electron chi connectivity index (χ2n) is 15.2. The molecule has 1 aliphatic carbocycles. The van der Waals surface area contributed by atoms with Gasteiger partial charge in [0, 0.05) is 32.6 Å². The van der Waals surface area contributed by atoms with Gasteiger partial charge < -0.3 is 38.4 Å². The molecular formula is C43H61NO11. The molecule has 0 bridgehead atoms. The van der Waals surface area contributed by atoms with Crippen LogP contribution in [0.2, 0.25) is 0 Å². The summed E-state index contributed by atoms with van der Waals surface area (Å²) in [5, 5.41) is 11.4. The van der Waals surface area contributed by atoms with E-state index in [2.05, 4.69) is 13.0 Å². The molecule has 4 unspecified atom stereocenters. The number of ether oxygens (including phenoxy) is 6. The Labute approximate surface area is 326 Å². The number of carbonyl (C=O) groups is 4. The Morgan fingerprint density at radius 3 is 2.35 bits per heavy atom. The smallest absolute Gasteiger partial charge is 0.328 e. The van der Waals surface area contributed by atoms with Crippen LogP contribution < -0.4 is 9.47 Å². The molecule has 10 atom stereocenters. The zero-order valence-electron chi connectivity index (χ0n) is 33.7. The summed E-state index contributed by atoms with van der Waals surface area (Å²) in [6.45, 7) is 7.95. The third kappa shape index (κ3) is 10.9. The molecule has 1 N–H and O–H groups in total. The molecule has 4 rings (SSSR count). The number of aliphatic hydroxyl groups excluding tert-OH is 1. The first-order valence-corrected chi connectivity index (χ1v) is 19.5. The third-order valence-electron chi connectivity index (χ3n) is 11.2. The van der Waals surface area contributed by atoms with E-state index in [-0.39, 0.29) is 37.2 Å². The maximum atomic E-state index is 14.1. The van der Waals surface area contributed by atoms with Gasteiger partial charge in [0.15, 0.2) is 23.4 Å². The van der Waals surface area contributed by atoms with Crippen LogP contribution in [-0.2, 0) is 44.5 Å². The van der Waals surface area contributed by atoms with E-state index < -0.39 is 66.1 Å². The lowest BCUT2D eigenvalue weighted by Gasteiger charge is -2.45. The molecule has 3 aliphatic rings. The summed E-state index contributed by atoms with van der Waals surface area (Å²) in [5.74, 6) is -2.72. The number of carbonyl (C=O) groups excluding carboxylic acids is 4. The van der Waals surface area contributed by atoms with Crippen LogP contribution in [0.5, 0.6) is 11.5 Å². The van der Waals surface area contributed by atoms with E-state index in [0.29, 0.717) is 50.0 Å². The topological polar surface area (TPSA) is 147 Å². The van der Waals surface area contributed by atoms with Gasteiger partial charge in [0.05, 0.1) is 39.1 Å². The summed E-state index contributed by atoms with van der Waals surface area (Å²) < 4.78 is 34.8. The SMILES string of the molecule is COc1ccc(CCCOC(=O)C2CCCCN2C(=O)C(=O)[C@@H]2O[C@H](C3C(OC)C(=O)[C@H](C)C[C@@H](C)\C=C/C=C/C=C(/C)[C@@H]3OC)CC(C)[C@H]2O)cc1OC. The Balaban J connectivity index is 1.52. The minimum Gasteiger partial charge on any atom is -0.493 e. The molecule has 1 amide bonds. The number of allylic oxidation sites excluding steroid dienone is 5. The molecule has 1 aromatic rings. The summed E-state index contributed by atoms with van der Waals surface area (Å²) in [5.41, 5.74) is 1.80. The molecule has 0 aromatic heterocycles. The monoisotopic (exact) mass is 767 g/mol. The zero-order valence-corrected chi connectivity index (χ0v) is 33.7. The number of rotatable bonds is 12. The average molecular weight is 768 g/mol. The number of aliphatic hydroxyl groups is 1. The maximum absolute atomic E-state index is 14.1. The van der Waals surface area contributed by atoms with Crippen molar-refractivity contribution < 1.29 is 52.7 Å². The van der Waals surface area contributed by atoms with Gasteiger partial charge in [0.25, 0.3) is 11.7 Å². The van der Waals surface area contributed by atoms with Gasteiger partial charge in [-0.15, -0.1) is 0 Å². The fourth-order valence-electron chi connectivity index (χ4n) is 8.17. The molecule has 0 spiro atoms. The number of ketones is 2. The number of nitrogens with zero attached hydrogens (tertiary/aromatic N) is 1. The number of esters is 1. The summed E-state index contributed by atoms with van der Waals surface area (Å²) in [7, 11) is 6.18. The fourth-order valence-corrected chi connectivity index (χ4v) is 8.17. The van der Waals surface area contributed by atoms with Gasteiger partial charge in [-0.3, -0.25) is 14.4 Å². The van der Waals surface area contributed by atoms with Crippen LogP contribution in [0.15, 0.2) is 54.2 Å². The number of methoxy groups -OCH3 is 4. The van der Waals surface area contributed by atoms with Crippen molar-refractivity contribution in [2.45, 2.75) is 109 Å². The van der Waals surface area contributed by atoms with Gasteiger partial charge >= 0.3 is 5.97 Å². The summed E-state index contributed by atoms with van der Waals surface area (Å²) in [6, 6.07) is 4.68. The molecule has 12 nitrogen and oxygen atoms in total. The number of aryl methyl sites for hydroxylation is 1. The molecule has 2 aliphatic heterocycles. The van der Waals surface area contributed by atoms with Crippen molar-refractivity contribution in [3.8, 4) is 11.5 Å². The van der Waals surface area contributed by atoms with Gasteiger partial charge in [-0.05, 0) is 87.0 Å². The van der Waals surface area contributed by atoms with E-state index in [9.17, 15) is 24.3 Å². The number of likely N-dealkylation sites (tertiary alicyclic amines) is 1. The lowest BCUT2D eigenvalue weighted by Crippen LogP contribution is -2.59. The van der Waals surface area contributed by atoms with Crippen LogP contribution in [0.4, 0.5) is 0 Å². The predicted molar refractivity (Wildman–Crippen MR) is 207 cm³/mol. The lowest BCUT2D eigenvalue weighted by molar-refractivity contribution is -0.195. The van der Waals surface area contributed by atoms with E-state index in [0.717, 1.165) is 11.1 Å². The Bertz CT molecular complexity index is 1570. The molecule has 2 heterocycles. The van der Waals surface area contributed by atoms with Crippen molar-refractivity contribution in [3.05, 3.63) is 59.7 Å². The molecule has 2 saturated heterocycles. The molecule has 304 valence electrons. The van der Waals surface area contributed by atoms with Crippen molar-refractivity contribution in [2.24, 2.45) is 23.7 Å². The fraction of sp³-hybridized carbons (Fsp3) is 0.628. The Morgan fingerprint density at radius 1 is 0.927 bits per heavy atom. The average Bonchev–Trinajstić information content (AvgIpc) is 3.19. The standard InChI is InChI=1S/C43H61NO11/c1-26-15-10-9-11-16-27(2)39(52-7)35(40(53-8)36(45)28(3)23-26)34-24-29(4)37(46)41(55-34)38(47)42(48)44-21-13-12-18-31(44)43(49)54-22-14-17-30-19-20-32(50-5)33(25-30)51-6/h9-11,15-16,19-20,25-26,28-29,31,34-35,37,39-41,46H,12-14,17-18,21-24H2,1-8H3/b11-9+,15-10-,27-16-/t26-,28+,29?,31?,34-,35?,37+,39-,40?,41+/m0/s1. The van der Waals surface area contributed by atoms with Gasteiger partial charge in [0.1, 0.15) is 12.1 Å². The van der Waals surface area contributed by atoms with Crippen LogP contribution in [0.25, 0.3) is 0 Å². The van der Waals surface area contributed by atoms with E-state index in [1.165, 1.54) is 12.0 Å². The van der Waals surface area contributed by atoms with Gasteiger partial charge in [-0.2, -0.15) is 0 Å². The zero-order chi connectivity index (χ0) is 40.2.